The first-order chi connectivity index (χ1) is 14.7. The minimum Gasteiger partial charge on any atom is -0.324 e. The van der Waals surface area contributed by atoms with Crippen LogP contribution in [-0.4, -0.2) is 45.4 Å². The minimum absolute atomic E-state index is 0.0281. The topological polar surface area (TPSA) is 63.1 Å². The first-order valence-electron chi connectivity index (χ1n) is 9.74. The molecule has 1 amide bonds. The summed E-state index contributed by atoms with van der Waals surface area (Å²) in [5.41, 5.74) is 3.50. The van der Waals surface area contributed by atoms with E-state index in [0.717, 1.165) is 22.6 Å². The Labute approximate surface area is 196 Å². The van der Waals surface area contributed by atoms with E-state index in [-0.39, 0.29) is 17.7 Å². The van der Waals surface area contributed by atoms with Gasteiger partial charge < -0.3 is 5.32 Å². The summed E-state index contributed by atoms with van der Waals surface area (Å²) in [5.74, 6) is 0.797. The van der Waals surface area contributed by atoms with E-state index in [4.69, 9.17) is 23.2 Å². The Morgan fingerprint density at radius 3 is 2.45 bits per heavy atom. The largest absolute Gasteiger partial charge is 0.324 e. The fourth-order valence-corrected chi connectivity index (χ4v) is 4.34. The highest BCUT2D eigenvalue weighted by molar-refractivity contribution is 7.99. The maximum Gasteiger partial charge on any atom is 0.234 e. The van der Waals surface area contributed by atoms with Crippen molar-refractivity contribution in [3.05, 3.63) is 63.4 Å². The SMILES string of the molecule is Cc1cc(C)c(NC(=O)CSc2nnc([C@@H](C)N(C)C)n2-c2ccc(Cl)cc2)c(Cl)c1. The number of nitrogens with one attached hydrogen (secondary N) is 1. The zero-order valence-electron chi connectivity index (χ0n) is 18.1. The number of carbonyl (C=O) groups is 1. The number of hydrogen-bond acceptors (Lipinski definition) is 5. The van der Waals surface area contributed by atoms with Crippen LogP contribution in [0.4, 0.5) is 5.69 Å². The van der Waals surface area contributed by atoms with Crippen molar-refractivity contribution in [2.45, 2.75) is 32.0 Å². The average Bonchev–Trinajstić information content (AvgIpc) is 3.12. The highest BCUT2D eigenvalue weighted by atomic mass is 35.5. The van der Waals surface area contributed by atoms with Gasteiger partial charge in [-0.3, -0.25) is 14.3 Å². The van der Waals surface area contributed by atoms with E-state index in [1.165, 1.54) is 11.8 Å². The van der Waals surface area contributed by atoms with Crippen molar-refractivity contribution in [3.8, 4) is 5.69 Å². The summed E-state index contributed by atoms with van der Waals surface area (Å²) < 4.78 is 1.96. The van der Waals surface area contributed by atoms with Gasteiger partial charge in [0.05, 0.1) is 22.5 Å². The van der Waals surface area contributed by atoms with Crippen LogP contribution < -0.4 is 5.32 Å². The molecule has 31 heavy (non-hydrogen) atoms. The highest BCUT2D eigenvalue weighted by Gasteiger charge is 2.22. The third-order valence-corrected chi connectivity index (χ3v) is 6.40. The van der Waals surface area contributed by atoms with Crippen LogP contribution in [0.3, 0.4) is 0 Å². The van der Waals surface area contributed by atoms with E-state index in [0.29, 0.717) is 20.9 Å². The van der Waals surface area contributed by atoms with Crippen LogP contribution in [0.1, 0.15) is 29.9 Å². The Bertz CT molecular complexity index is 1060. The Kier molecular flexibility index (Phi) is 7.64. The first kappa shape index (κ1) is 23.6. The van der Waals surface area contributed by atoms with Crippen molar-refractivity contribution >= 4 is 46.6 Å². The summed E-state index contributed by atoms with van der Waals surface area (Å²) in [6.45, 7) is 5.95. The molecule has 0 aliphatic rings. The molecule has 6 nitrogen and oxygen atoms in total. The molecule has 0 aliphatic heterocycles. The number of aryl methyl sites for hydroxylation is 2. The number of benzene rings is 2. The van der Waals surface area contributed by atoms with Crippen molar-refractivity contribution in [3.63, 3.8) is 0 Å². The first-order valence-corrected chi connectivity index (χ1v) is 11.5. The molecule has 3 rings (SSSR count). The zero-order chi connectivity index (χ0) is 22.7. The maximum atomic E-state index is 12.6. The van der Waals surface area contributed by atoms with Crippen LogP contribution in [0.25, 0.3) is 5.69 Å². The van der Waals surface area contributed by atoms with Crippen LogP contribution in [-0.2, 0) is 4.79 Å². The number of anilines is 1. The molecular weight excluding hydrogens is 453 g/mol. The van der Waals surface area contributed by atoms with E-state index >= 15 is 0 Å². The number of nitrogens with zero attached hydrogens (tertiary/aromatic N) is 4. The van der Waals surface area contributed by atoms with E-state index in [2.05, 4.69) is 27.3 Å². The number of carbonyl (C=O) groups excluding carboxylic acids is 1. The maximum absolute atomic E-state index is 12.6. The summed E-state index contributed by atoms with van der Waals surface area (Å²) in [5, 5.41) is 13.5. The molecule has 0 fully saturated rings. The second-order valence-corrected chi connectivity index (χ2v) is 9.35. The van der Waals surface area contributed by atoms with Gasteiger partial charge in [-0.1, -0.05) is 41.0 Å². The molecule has 0 spiro atoms. The predicted octanol–water partition coefficient (Wildman–Crippen LogP) is 5.54. The Hall–Kier alpha value is -2.06. The fourth-order valence-electron chi connectivity index (χ4n) is 3.09. The van der Waals surface area contributed by atoms with Crippen LogP contribution >= 0.6 is 35.0 Å². The van der Waals surface area contributed by atoms with E-state index in [1.54, 1.807) is 0 Å². The number of amides is 1. The molecule has 164 valence electrons. The summed E-state index contributed by atoms with van der Waals surface area (Å²) >= 11 is 13.7. The standard InChI is InChI=1S/C22H25Cl2N5OS/c1-13-10-14(2)20(18(24)11-13)25-19(30)12-31-22-27-26-21(15(3)28(4)5)29(22)17-8-6-16(23)7-9-17/h6-11,15H,12H2,1-5H3,(H,25,30)/t15-/m1/s1. The Morgan fingerprint density at radius 2 is 1.84 bits per heavy atom. The molecule has 0 aliphatic carbocycles. The Balaban J connectivity index is 1.83. The molecule has 0 saturated heterocycles. The predicted molar refractivity (Wildman–Crippen MR) is 129 cm³/mol. The lowest BCUT2D eigenvalue weighted by Crippen LogP contribution is -2.21. The number of thioether (sulfide) groups is 1. The van der Waals surface area contributed by atoms with E-state index in [9.17, 15) is 4.79 Å². The molecule has 2 aromatic carbocycles. The smallest absolute Gasteiger partial charge is 0.234 e. The van der Waals surface area contributed by atoms with Gasteiger partial charge in [0.1, 0.15) is 0 Å². The van der Waals surface area contributed by atoms with Gasteiger partial charge in [-0.05, 0) is 76.3 Å². The summed E-state index contributed by atoms with van der Waals surface area (Å²) in [6, 6.07) is 11.3. The number of aromatic nitrogens is 3. The molecule has 9 heteroatoms. The third kappa shape index (κ3) is 5.60. The second kappa shape index (κ2) is 10.0. The van der Waals surface area contributed by atoms with Crippen LogP contribution in [0.15, 0.2) is 41.6 Å². The molecule has 0 radical (unpaired) electrons. The molecule has 0 saturated carbocycles. The number of rotatable bonds is 7. The van der Waals surface area contributed by atoms with E-state index < -0.39 is 0 Å². The van der Waals surface area contributed by atoms with Crippen LogP contribution in [0.2, 0.25) is 10.0 Å². The molecule has 3 aromatic rings. The summed E-state index contributed by atoms with van der Waals surface area (Å²) in [7, 11) is 3.97. The Morgan fingerprint density at radius 1 is 1.16 bits per heavy atom. The molecule has 1 heterocycles. The van der Waals surface area contributed by atoms with Crippen LogP contribution in [0.5, 0.6) is 0 Å². The number of halogens is 2. The van der Waals surface area contributed by atoms with Crippen LogP contribution in [0, 0.1) is 13.8 Å². The molecule has 0 bridgehead atoms. The van der Waals surface area contributed by atoms with Crippen molar-refractivity contribution < 1.29 is 4.79 Å². The zero-order valence-corrected chi connectivity index (χ0v) is 20.4. The van der Waals surface area contributed by atoms with Gasteiger partial charge in [-0.25, -0.2) is 0 Å². The van der Waals surface area contributed by atoms with Gasteiger partial charge >= 0.3 is 0 Å². The summed E-state index contributed by atoms with van der Waals surface area (Å²) in [6.07, 6.45) is 0. The lowest BCUT2D eigenvalue weighted by molar-refractivity contribution is -0.113. The van der Waals surface area contributed by atoms with Crippen molar-refractivity contribution in [2.24, 2.45) is 0 Å². The molecular formula is C22H25Cl2N5OS. The normalized spacial score (nSPS) is 12.3. The lowest BCUT2D eigenvalue weighted by atomic mass is 10.1. The van der Waals surface area contributed by atoms with Gasteiger partial charge in [0, 0.05) is 10.7 Å². The third-order valence-electron chi connectivity index (χ3n) is 4.92. The van der Waals surface area contributed by atoms with Gasteiger partial charge in [0.2, 0.25) is 5.91 Å². The van der Waals surface area contributed by atoms with Gasteiger partial charge in [0.15, 0.2) is 11.0 Å². The van der Waals surface area contributed by atoms with Crippen molar-refractivity contribution in [1.82, 2.24) is 19.7 Å². The molecule has 0 unspecified atom stereocenters. The lowest BCUT2D eigenvalue weighted by Gasteiger charge is -2.20. The van der Waals surface area contributed by atoms with Gasteiger partial charge in [-0.15, -0.1) is 10.2 Å². The van der Waals surface area contributed by atoms with E-state index in [1.807, 2.05) is 68.9 Å². The molecule has 1 N–H and O–H groups in total. The quantitative estimate of drug-likeness (QED) is 0.452. The average molecular weight is 478 g/mol. The van der Waals surface area contributed by atoms with Gasteiger partial charge in [-0.2, -0.15) is 0 Å². The number of hydrogen-bond donors (Lipinski definition) is 1. The van der Waals surface area contributed by atoms with Crippen molar-refractivity contribution in [2.75, 3.05) is 25.2 Å². The minimum atomic E-state index is -0.160. The highest BCUT2D eigenvalue weighted by Crippen LogP contribution is 2.29. The van der Waals surface area contributed by atoms with Gasteiger partial charge in [0.25, 0.3) is 0 Å². The monoisotopic (exact) mass is 477 g/mol. The summed E-state index contributed by atoms with van der Waals surface area (Å²) in [4.78, 5) is 14.7. The van der Waals surface area contributed by atoms with Crippen molar-refractivity contribution in [1.29, 1.82) is 0 Å². The molecule has 1 atom stereocenters. The second-order valence-electron chi connectivity index (χ2n) is 7.57. The molecule has 1 aromatic heterocycles. The fraction of sp³-hybridized carbons (Fsp3) is 0.318.